The van der Waals surface area contributed by atoms with Gasteiger partial charge in [-0.05, 0) is 11.0 Å². The zero-order valence-electron chi connectivity index (χ0n) is 12.4. The summed E-state index contributed by atoms with van der Waals surface area (Å²) in [5, 5.41) is 4.04. The highest BCUT2D eigenvalue weighted by Crippen LogP contribution is 2.23. The minimum Gasteiger partial charge on any atom is -0.317 e. The number of carbonyl (C=O) groups is 1. The molecule has 1 heterocycles. The molecule has 4 nitrogen and oxygen atoms in total. The quantitative estimate of drug-likeness (QED) is 0.873. The molecule has 4 heteroatoms. The normalized spacial score (nSPS) is 13.2. The van der Waals surface area contributed by atoms with Crippen molar-refractivity contribution in [3.8, 4) is 0 Å². The molecular formula is C16H21N3O. The minimum atomic E-state index is -0.663. The van der Waals surface area contributed by atoms with E-state index in [0.29, 0.717) is 5.56 Å². The van der Waals surface area contributed by atoms with Crippen molar-refractivity contribution in [3.05, 3.63) is 53.3 Å². The predicted octanol–water partition coefficient (Wildman–Crippen LogP) is 2.60. The van der Waals surface area contributed by atoms with E-state index in [1.54, 1.807) is 24.1 Å². The van der Waals surface area contributed by atoms with Gasteiger partial charge >= 0.3 is 0 Å². The Morgan fingerprint density at radius 2 is 1.85 bits per heavy atom. The first-order valence-corrected chi connectivity index (χ1v) is 6.68. The van der Waals surface area contributed by atoms with Crippen LogP contribution in [-0.4, -0.2) is 15.6 Å². The molecule has 0 aliphatic carbocycles. The second-order valence-corrected chi connectivity index (χ2v) is 6.12. The average molecular weight is 271 g/mol. The van der Waals surface area contributed by atoms with Crippen LogP contribution in [0.25, 0.3) is 0 Å². The summed E-state index contributed by atoms with van der Waals surface area (Å²) in [6.07, 6.45) is 3.40. The van der Waals surface area contributed by atoms with Crippen LogP contribution < -0.4 is 5.73 Å². The molecule has 0 amide bonds. The van der Waals surface area contributed by atoms with Crippen molar-refractivity contribution in [1.82, 2.24) is 9.78 Å². The van der Waals surface area contributed by atoms with Crippen LogP contribution in [-0.2, 0) is 12.5 Å². The lowest BCUT2D eigenvalue weighted by Gasteiger charge is -2.19. The summed E-state index contributed by atoms with van der Waals surface area (Å²) in [6, 6.07) is 7.01. The van der Waals surface area contributed by atoms with Crippen LogP contribution in [0.2, 0.25) is 0 Å². The van der Waals surface area contributed by atoms with E-state index in [-0.39, 0.29) is 11.2 Å². The number of hydrogen-bond donors (Lipinski definition) is 1. The lowest BCUT2D eigenvalue weighted by Crippen LogP contribution is -2.21. The number of nitrogens with zero attached hydrogens (tertiary/aromatic N) is 2. The van der Waals surface area contributed by atoms with Gasteiger partial charge in [0.2, 0.25) is 0 Å². The number of rotatable bonds is 3. The van der Waals surface area contributed by atoms with Gasteiger partial charge in [0.15, 0.2) is 5.78 Å². The Balaban J connectivity index is 2.21. The van der Waals surface area contributed by atoms with E-state index in [2.05, 4.69) is 25.9 Å². The summed E-state index contributed by atoms with van der Waals surface area (Å²) >= 11 is 0. The Labute approximate surface area is 119 Å². The molecule has 0 bridgehead atoms. The van der Waals surface area contributed by atoms with Gasteiger partial charge in [0, 0.05) is 24.4 Å². The van der Waals surface area contributed by atoms with Gasteiger partial charge in [0.1, 0.15) is 0 Å². The number of Topliss-reactive ketones (excluding diaryl/α,β-unsaturated/α-hetero) is 1. The zero-order chi connectivity index (χ0) is 14.9. The fourth-order valence-corrected chi connectivity index (χ4v) is 2.07. The van der Waals surface area contributed by atoms with Crippen molar-refractivity contribution >= 4 is 5.78 Å². The van der Waals surface area contributed by atoms with Gasteiger partial charge in [0.05, 0.1) is 12.2 Å². The molecule has 2 N–H and O–H groups in total. The fraction of sp³-hybridized carbons (Fsp3) is 0.375. The molecule has 0 saturated heterocycles. The maximum atomic E-state index is 12.4. The van der Waals surface area contributed by atoms with Gasteiger partial charge in [-0.25, -0.2) is 0 Å². The minimum absolute atomic E-state index is 0.0764. The molecule has 2 rings (SSSR count). The maximum absolute atomic E-state index is 12.4. The number of carbonyl (C=O) groups excluding carboxylic acids is 1. The van der Waals surface area contributed by atoms with Crippen LogP contribution in [0.1, 0.15) is 48.3 Å². The topological polar surface area (TPSA) is 60.9 Å². The van der Waals surface area contributed by atoms with Crippen molar-refractivity contribution in [1.29, 1.82) is 0 Å². The van der Waals surface area contributed by atoms with Crippen molar-refractivity contribution in [2.45, 2.75) is 32.2 Å². The van der Waals surface area contributed by atoms with Gasteiger partial charge in [-0.2, -0.15) is 5.10 Å². The van der Waals surface area contributed by atoms with Crippen molar-refractivity contribution < 1.29 is 4.79 Å². The van der Waals surface area contributed by atoms with Crippen LogP contribution in [0.4, 0.5) is 0 Å². The van der Waals surface area contributed by atoms with Crippen LogP contribution >= 0.6 is 0 Å². The number of hydrogen-bond acceptors (Lipinski definition) is 3. The third-order valence-corrected chi connectivity index (χ3v) is 3.40. The summed E-state index contributed by atoms with van der Waals surface area (Å²) in [7, 11) is 1.80. The summed E-state index contributed by atoms with van der Waals surface area (Å²) in [4.78, 5) is 12.4. The Bertz CT molecular complexity index is 605. The number of aryl methyl sites for hydroxylation is 1. The largest absolute Gasteiger partial charge is 0.317 e. The van der Waals surface area contributed by atoms with Crippen LogP contribution in [0, 0.1) is 0 Å². The van der Waals surface area contributed by atoms with Crippen molar-refractivity contribution in [2.24, 2.45) is 12.8 Å². The maximum Gasteiger partial charge on any atom is 0.184 e. The first-order chi connectivity index (χ1) is 9.29. The molecule has 1 atom stereocenters. The Kier molecular flexibility index (Phi) is 3.77. The smallest absolute Gasteiger partial charge is 0.184 e. The van der Waals surface area contributed by atoms with E-state index in [4.69, 9.17) is 5.73 Å². The van der Waals surface area contributed by atoms with Crippen LogP contribution in [0.5, 0.6) is 0 Å². The Hall–Kier alpha value is -1.94. The molecule has 0 aliphatic rings. The predicted molar refractivity (Wildman–Crippen MR) is 79.6 cm³/mol. The van der Waals surface area contributed by atoms with Gasteiger partial charge in [-0.1, -0.05) is 45.0 Å². The third kappa shape index (κ3) is 2.96. The highest BCUT2D eigenvalue weighted by atomic mass is 16.1. The third-order valence-electron chi connectivity index (χ3n) is 3.40. The molecule has 1 aromatic heterocycles. The fourth-order valence-electron chi connectivity index (χ4n) is 2.07. The van der Waals surface area contributed by atoms with E-state index in [1.165, 1.54) is 5.56 Å². The lowest BCUT2D eigenvalue weighted by molar-refractivity contribution is 0.0961. The Morgan fingerprint density at radius 3 is 2.30 bits per heavy atom. The van der Waals surface area contributed by atoms with E-state index in [9.17, 15) is 4.79 Å². The molecule has 0 fully saturated rings. The highest BCUT2D eigenvalue weighted by Gasteiger charge is 2.20. The number of aromatic nitrogens is 2. The molecule has 0 spiro atoms. The Morgan fingerprint density at radius 1 is 1.25 bits per heavy atom. The van der Waals surface area contributed by atoms with Gasteiger partial charge in [-0.3, -0.25) is 9.48 Å². The molecule has 2 aromatic rings. The second-order valence-electron chi connectivity index (χ2n) is 6.12. The molecular weight excluding hydrogens is 250 g/mol. The summed E-state index contributed by atoms with van der Waals surface area (Å²) in [6.45, 7) is 6.43. The van der Waals surface area contributed by atoms with Crippen LogP contribution in [0.15, 0.2) is 36.7 Å². The number of nitrogens with two attached hydrogens (primary N) is 1. The molecule has 1 aromatic carbocycles. The summed E-state index contributed by atoms with van der Waals surface area (Å²) in [5.74, 6) is -0.0848. The molecule has 0 saturated carbocycles. The first kappa shape index (κ1) is 14.5. The van der Waals surface area contributed by atoms with E-state index in [1.807, 2.05) is 24.3 Å². The lowest BCUT2D eigenvalue weighted by atomic mass is 9.86. The standard InChI is InChI=1S/C16H21N3O/c1-16(2,3)13-7-5-11(6-8-13)15(20)14(17)12-9-18-19(4)10-12/h5-10,14H,17H2,1-4H3. The summed E-state index contributed by atoms with van der Waals surface area (Å²) < 4.78 is 1.64. The molecule has 0 aliphatic heterocycles. The van der Waals surface area contributed by atoms with Gasteiger partial charge in [0.25, 0.3) is 0 Å². The summed E-state index contributed by atoms with van der Waals surface area (Å²) in [5.41, 5.74) is 8.65. The van der Waals surface area contributed by atoms with Gasteiger partial charge < -0.3 is 5.73 Å². The van der Waals surface area contributed by atoms with Crippen molar-refractivity contribution in [2.75, 3.05) is 0 Å². The number of benzene rings is 1. The first-order valence-electron chi connectivity index (χ1n) is 6.68. The zero-order valence-corrected chi connectivity index (χ0v) is 12.4. The molecule has 0 radical (unpaired) electrons. The highest BCUT2D eigenvalue weighted by molar-refractivity contribution is 6.00. The van der Waals surface area contributed by atoms with E-state index in [0.717, 1.165) is 5.56 Å². The van der Waals surface area contributed by atoms with E-state index < -0.39 is 6.04 Å². The second kappa shape index (κ2) is 5.21. The monoisotopic (exact) mass is 271 g/mol. The SMILES string of the molecule is Cn1cc(C(N)C(=O)c2ccc(C(C)(C)C)cc2)cn1. The molecule has 106 valence electrons. The van der Waals surface area contributed by atoms with E-state index >= 15 is 0 Å². The van der Waals surface area contributed by atoms with Crippen molar-refractivity contribution in [3.63, 3.8) is 0 Å². The van der Waals surface area contributed by atoms with Gasteiger partial charge in [-0.15, -0.1) is 0 Å². The molecule has 20 heavy (non-hydrogen) atoms. The molecule has 1 unspecified atom stereocenters. The number of ketones is 1. The average Bonchev–Trinajstić information content (AvgIpc) is 2.83. The van der Waals surface area contributed by atoms with Crippen LogP contribution in [0.3, 0.4) is 0 Å².